The maximum atomic E-state index is 13.3. The van der Waals surface area contributed by atoms with Gasteiger partial charge in [0.15, 0.2) is 23.1 Å². The van der Waals surface area contributed by atoms with Gasteiger partial charge in [0.2, 0.25) is 0 Å². The lowest BCUT2D eigenvalue weighted by molar-refractivity contribution is -0.132. The number of carboxylic acid groups (broad SMARTS) is 1. The third-order valence-corrected chi connectivity index (χ3v) is 8.03. The minimum Gasteiger partial charge on any atom is -0.493 e. The summed E-state index contributed by atoms with van der Waals surface area (Å²) in [6, 6.07) is 13.2. The van der Waals surface area contributed by atoms with Gasteiger partial charge in [-0.1, -0.05) is 55.8 Å². The molecule has 0 spiro atoms. The normalized spacial score (nSPS) is 17.7. The van der Waals surface area contributed by atoms with Crippen LogP contribution in [0.2, 0.25) is 0 Å². The van der Waals surface area contributed by atoms with Crippen molar-refractivity contribution in [1.82, 2.24) is 0 Å². The Morgan fingerprint density at radius 3 is 2.57 bits per heavy atom. The first-order chi connectivity index (χ1) is 20.2. The molecular weight excluding hydrogens is 530 g/mol. The number of methoxy groups -OCH3 is 2. The highest BCUT2D eigenvalue weighted by molar-refractivity contribution is 6.49. The Labute approximate surface area is 245 Å². The lowest BCUT2D eigenvalue weighted by atomic mass is 9.75. The maximum Gasteiger partial charge on any atom is 0.331 e. The molecule has 2 heterocycles. The molecule has 2 N–H and O–H groups in total. The van der Waals surface area contributed by atoms with Gasteiger partial charge < -0.3 is 19.9 Å². The van der Waals surface area contributed by atoms with Gasteiger partial charge in [0, 0.05) is 47.0 Å². The SMILES string of the molecule is COc1ccc(NC2=NC(c3cccc(C(=O)CCC(C)(C)C4=CC=C(C(=O)O)CC4)c3)=CC3C=CN=C23)cc1OC. The summed E-state index contributed by atoms with van der Waals surface area (Å²) in [6.07, 6.45) is 11.7. The van der Waals surface area contributed by atoms with E-state index >= 15 is 0 Å². The number of ketones is 1. The van der Waals surface area contributed by atoms with Crippen molar-refractivity contribution in [3.63, 3.8) is 0 Å². The number of aliphatic imine (C=N–C) groups is 2. The molecule has 0 amide bonds. The van der Waals surface area contributed by atoms with Crippen molar-refractivity contribution in [2.75, 3.05) is 19.5 Å². The number of benzene rings is 2. The zero-order valence-corrected chi connectivity index (χ0v) is 24.3. The van der Waals surface area contributed by atoms with E-state index in [2.05, 4.69) is 30.2 Å². The van der Waals surface area contributed by atoms with Crippen LogP contribution in [0, 0.1) is 11.3 Å². The summed E-state index contributed by atoms with van der Waals surface area (Å²) in [4.78, 5) is 34.0. The number of hydrogen-bond acceptors (Lipinski definition) is 7. The summed E-state index contributed by atoms with van der Waals surface area (Å²) in [5.74, 6) is 1.04. The molecule has 0 saturated carbocycles. The number of aliphatic carboxylic acids is 1. The molecule has 42 heavy (non-hydrogen) atoms. The van der Waals surface area contributed by atoms with Gasteiger partial charge in [-0.2, -0.15) is 0 Å². The van der Waals surface area contributed by atoms with Crippen LogP contribution in [-0.2, 0) is 4.79 Å². The molecular formula is C34H35N3O5. The highest BCUT2D eigenvalue weighted by Crippen LogP contribution is 2.38. The van der Waals surface area contributed by atoms with Crippen molar-refractivity contribution in [3.8, 4) is 11.5 Å². The molecule has 0 bridgehead atoms. The number of amidine groups is 1. The number of hydrogen-bond donors (Lipinski definition) is 2. The topological polar surface area (TPSA) is 110 Å². The van der Waals surface area contributed by atoms with Crippen LogP contribution >= 0.6 is 0 Å². The largest absolute Gasteiger partial charge is 0.493 e. The van der Waals surface area contributed by atoms with Gasteiger partial charge in [-0.25, -0.2) is 9.79 Å². The molecule has 8 nitrogen and oxygen atoms in total. The molecule has 2 aliphatic heterocycles. The minimum absolute atomic E-state index is 0.0280. The minimum atomic E-state index is -0.869. The van der Waals surface area contributed by atoms with E-state index < -0.39 is 5.97 Å². The Kier molecular flexibility index (Phi) is 8.24. The van der Waals surface area contributed by atoms with Crippen LogP contribution in [0.3, 0.4) is 0 Å². The molecule has 8 heteroatoms. The van der Waals surface area contributed by atoms with Crippen molar-refractivity contribution in [3.05, 3.63) is 95.2 Å². The lowest BCUT2D eigenvalue weighted by Gasteiger charge is -2.30. The third kappa shape index (κ3) is 6.12. The van der Waals surface area contributed by atoms with Crippen LogP contribution in [-0.4, -0.2) is 42.6 Å². The van der Waals surface area contributed by atoms with Gasteiger partial charge in [0.25, 0.3) is 0 Å². The molecule has 0 aromatic heterocycles. The number of fused-ring (bicyclic) bond motifs is 1. The Bertz CT molecular complexity index is 1610. The molecule has 2 aromatic carbocycles. The van der Waals surface area contributed by atoms with Crippen molar-refractivity contribution in [2.45, 2.75) is 39.5 Å². The number of ether oxygens (including phenoxy) is 2. The average molecular weight is 566 g/mol. The van der Waals surface area contributed by atoms with Gasteiger partial charge in [-0.3, -0.25) is 9.79 Å². The number of carbonyl (C=O) groups is 2. The number of anilines is 1. The van der Waals surface area contributed by atoms with E-state index in [0.717, 1.165) is 22.7 Å². The van der Waals surface area contributed by atoms with Gasteiger partial charge in [0.1, 0.15) is 0 Å². The van der Waals surface area contributed by atoms with Crippen molar-refractivity contribution < 1.29 is 24.2 Å². The molecule has 0 saturated heterocycles. The Morgan fingerprint density at radius 2 is 1.86 bits per heavy atom. The van der Waals surface area contributed by atoms with Crippen LogP contribution < -0.4 is 14.8 Å². The Balaban J connectivity index is 1.33. The molecule has 216 valence electrons. The number of rotatable bonds is 10. The highest BCUT2D eigenvalue weighted by Gasteiger charge is 2.28. The van der Waals surface area contributed by atoms with Crippen molar-refractivity contribution >= 4 is 34.7 Å². The van der Waals surface area contributed by atoms with Gasteiger partial charge >= 0.3 is 5.97 Å². The average Bonchev–Trinajstić information content (AvgIpc) is 3.49. The highest BCUT2D eigenvalue weighted by atomic mass is 16.5. The number of nitrogens with one attached hydrogen (secondary N) is 1. The van der Waals surface area contributed by atoms with E-state index in [-0.39, 0.29) is 17.1 Å². The second-order valence-corrected chi connectivity index (χ2v) is 11.2. The van der Waals surface area contributed by atoms with Gasteiger partial charge in [0.05, 0.1) is 25.6 Å². The Hall–Kier alpha value is -4.72. The summed E-state index contributed by atoms with van der Waals surface area (Å²) in [7, 11) is 3.19. The molecule has 0 fully saturated rings. The van der Waals surface area contributed by atoms with Gasteiger partial charge in [-0.15, -0.1) is 0 Å². The predicted octanol–water partition coefficient (Wildman–Crippen LogP) is 6.87. The predicted molar refractivity (Wildman–Crippen MR) is 165 cm³/mol. The van der Waals surface area contributed by atoms with Crippen molar-refractivity contribution in [2.24, 2.45) is 21.3 Å². The molecule has 2 aromatic rings. The molecule has 3 aliphatic rings. The van der Waals surface area contributed by atoms with Crippen LogP contribution in [0.1, 0.15) is 55.5 Å². The molecule has 5 rings (SSSR count). The molecule has 1 unspecified atom stereocenters. The van der Waals surface area contributed by atoms with Crippen molar-refractivity contribution in [1.29, 1.82) is 0 Å². The summed E-state index contributed by atoms with van der Waals surface area (Å²) >= 11 is 0. The lowest BCUT2D eigenvalue weighted by Crippen LogP contribution is -2.29. The van der Waals surface area contributed by atoms with E-state index in [1.165, 1.54) is 5.57 Å². The fraction of sp³-hybridized carbons (Fsp3) is 0.294. The van der Waals surface area contributed by atoms with E-state index in [9.17, 15) is 14.7 Å². The van der Waals surface area contributed by atoms with Crippen LogP contribution in [0.25, 0.3) is 5.70 Å². The van der Waals surface area contributed by atoms with E-state index in [1.807, 2.05) is 54.6 Å². The second kappa shape index (κ2) is 12.0. The maximum absolute atomic E-state index is 13.3. The monoisotopic (exact) mass is 565 g/mol. The van der Waals surface area contributed by atoms with E-state index in [4.69, 9.17) is 14.5 Å². The summed E-state index contributed by atoms with van der Waals surface area (Å²) in [5, 5.41) is 12.6. The first-order valence-electron chi connectivity index (χ1n) is 14.0. The summed E-state index contributed by atoms with van der Waals surface area (Å²) in [6.45, 7) is 4.23. The molecule has 1 aliphatic carbocycles. The zero-order valence-electron chi connectivity index (χ0n) is 24.3. The summed E-state index contributed by atoms with van der Waals surface area (Å²) < 4.78 is 10.8. The van der Waals surface area contributed by atoms with Crippen LogP contribution in [0.4, 0.5) is 5.69 Å². The second-order valence-electron chi connectivity index (χ2n) is 11.2. The third-order valence-electron chi connectivity index (χ3n) is 8.03. The number of carboxylic acids is 1. The van der Waals surface area contributed by atoms with E-state index in [1.54, 1.807) is 26.5 Å². The standard InChI is InChI=1S/C34H35N3O5/c1-34(2,25-10-8-21(9-11-25)33(39)40)16-14-28(38)23-7-5-6-22(18-23)27-19-24-15-17-35-31(24)32(37-27)36-26-12-13-29(41-3)30(20-26)42-4/h5-8,10,12-13,15,17-20,24H,9,11,14,16H2,1-4H3,(H,36,37)(H,39,40). The number of nitrogens with zero attached hydrogens (tertiary/aromatic N) is 2. The smallest absolute Gasteiger partial charge is 0.331 e. The van der Waals surface area contributed by atoms with Gasteiger partial charge in [-0.05, 0) is 49.0 Å². The summed E-state index contributed by atoms with van der Waals surface area (Å²) in [5.41, 5.74) is 5.26. The number of carbonyl (C=O) groups excluding carboxylic acids is 1. The molecule has 0 radical (unpaired) electrons. The zero-order chi connectivity index (χ0) is 29.9. The number of Topliss-reactive ketones (excluding diaryl/α,β-unsaturated/α-hetero) is 1. The fourth-order valence-corrected chi connectivity index (χ4v) is 5.40. The first-order valence-corrected chi connectivity index (χ1v) is 14.0. The fourth-order valence-electron chi connectivity index (χ4n) is 5.40. The van der Waals surface area contributed by atoms with Crippen LogP contribution in [0.15, 0.2) is 94.1 Å². The number of allylic oxidation sites excluding steroid dienone is 5. The van der Waals surface area contributed by atoms with Crippen LogP contribution in [0.5, 0.6) is 11.5 Å². The molecule has 1 atom stereocenters. The van der Waals surface area contributed by atoms with E-state index in [0.29, 0.717) is 54.2 Å². The quantitative estimate of drug-likeness (QED) is 0.304. The Morgan fingerprint density at radius 1 is 1.05 bits per heavy atom. The first kappa shape index (κ1) is 28.8.